The van der Waals surface area contributed by atoms with Gasteiger partial charge in [0.05, 0.1) is 24.1 Å². The molecule has 0 radical (unpaired) electrons. The molecule has 1 fully saturated rings. The minimum atomic E-state index is -2.68. The lowest BCUT2D eigenvalue weighted by Gasteiger charge is -2.13. The zero-order valence-corrected chi connectivity index (χ0v) is 19.6. The molecule has 0 spiro atoms. The van der Waals surface area contributed by atoms with Crippen molar-refractivity contribution in [1.29, 1.82) is 0 Å². The van der Waals surface area contributed by atoms with Crippen molar-refractivity contribution in [2.24, 2.45) is 5.92 Å². The predicted octanol–water partition coefficient (Wildman–Crippen LogP) is 5.96. The molecule has 10 heteroatoms. The van der Waals surface area contributed by atoms with E-state index in [0.717, 1.165) is 17.7 Å². The Morgan fingerprint density at radius 3 is 2.39 bits per heavy atom. The summed E-state index contributed by atoms with van der Waals surface area (Å²) >= 11 is 0. The lowest BCUT2D eigenvalue weighted by Crippen LogP contribution is -2.23. The first kappa shape index (κ1) is 25.3. The van der Waals surface area contributed by atoms with Gasteiger partial charge in [-0.2, -0.15) is 0 Å². The Bertz CT molecular complexity index is 1210. The van der Waals surface area contributed by atoms with Crippen LogP contribution in [0, 0.1) is 17.6 Å². The standard InChI is InChI=1S/C26H24F4N2O4/c1-15(32-16(2)33)17-6-7-25(31-12-17)35-14-22-23(27)9-21(10-24(22)28)36-20-5-3-4-19(8-20)34-13-18-11-26(18,29)30/h3-10,12,15,18H,11,13-14H2,1-2H3,(H,32,33). The van der Waals surface area contributed by atoms with Gasteiger partial charge >= 0.3 is 0 Å². The smallest absolute Gasteiger partial charge is 0.255 e. The molecular formula is C26H24F4N2O4. The molecule has 1 aliphatic carbocycles. The molecule has 190 valence electrons. The fraction of sp³-hybridized carbons (Fsp3) is 0.308. The van der Waals surface area contributed by atoms with Crippen LogP contribution in [0.15, 0.2) is 54.7 Å². The van der Waals surface area contributed by atoms with E-state index in [-0.39, 0.29) is 47.9 Å². The summed E-state index contributed by atoms with van der Waals surface area (Å²) in [5, 5.41) is 2.73. The first-order valence-corrected chi connectivity index (χ1v) is 11.2. The van der Waals surface area contributed by atoms with Crippen LogP contribution in [0.2, 0.25) is 0 Å². The molecule has 3 aromatic rings. The van der Waals surface area contributed by atoms with Crippen LogP contribution < -0.4 is 19.5 Å². The molecule has 2 atom stereocenters. The molecule has 0 bridgehead atoms. The number of alkyl halides is 2. The van der Waals surface area contributed by atoms with Gasteiger partial charge in [-0.25, -0.2) is 22.5 Å². The third-order valence-electron chi connectivity index (χ3n) is 5.61. The summed E-state index contributed by atoms with van der Waals surface area (Å²) in [6.45, 7) is 2.68. The van der Waals surface area contributed by atoms with Gasteiger partial charge in [0, 0.05) is 43.8 Å². The minimum Gasteiger partial charge on any atom is -0.493 e. The highest BCUT2D eigenvalue weighted by Gasteiger charge is 2.57. The molecule has 1 heterocycles. The van der Waals surface area contributed by atoms with Gasteiger partial charge in [-0.15, -0.1) is 0 Å². The fourth-order valence-electron chi connectivity index (χ4n) is 3.46. The third kappa shape index (κ3) is 6.44. The van der Waals surface area contributed by atoms with E-state index in [1.807, 2.05) is 0 Å². The number of ether oxygens (including phenoxy) is 3. The van der Waals surface area contributed by atoms with E-state index in [9.17, 15) is 22.4 Å². The highest BCUT2D eigenvalue weighted by molar-refractivity contribution is 5.73. The summed E-state index contributed by atoms with van der Waals surface area (Å²) in [7, 11) is 0. The van der Waals surface area contributed by atoms with Gasteiger partial charge in [0.2, 0.25) is 11.8 Å². The third-order valence-corrected chi connectivity index (χ3v) is 5.61. The van der Waals surface area contributed by atoms with Gasteiger partial charge in [0.25, 0.3) is 5.92 Å². The number of carbonyl (C=O) groups excluding carboxylic acids is 1. The van der Waals surface area contributed by atoms with Crippen LogP contribution in [0.3, 0.4) is 0 Å². The first-order chi connectivity index (χ1) is 17.1. The predicted molar refractivity (Wildman–Crippen MR) is 122 cm³/mol. The molecule has 1 amide bonds. The number of pyridine rings is 1. The maximum Gasteiger partial charge on any atom is 0.255 e. The van der Waals surface area contributed by atoms with Crippen molar-refractivity contribution in [3.63, 3.8) is 0 Å². The van der Waals surface area contributed by atoms with E-state index in [0.29, 0.717) is 5.75 Å². The molecule has 4 rings (SSSR count). The van der Waals surface area contributed by atoms with Crippen LogP contribution in [0.25, 0.3) is 0 Å². The van der Waals surface area contributed by atoms with E-state index < -0.39 is 30.1 Å². The van der Waals surface area contributed by atoms with Crippen molar-refractivity contribution in [2.45, 2.75) is 38.8 Å². The second-order valence-electron chi connectivity index (χ2n) is 8.56. The maximum atomic E-state index is 14.6. The minimum absolute atomic E-state index is 0.0888. The van der Waals surface area contributed by atoms with Crippen molar-refractivity contribution in [3.05, 3.63) is 77.5 Å². The topological polar surface area (TPSA) is 69.7 Å². The number of hydrogen-bond donors (Lipinski definition) is 1. The maximum absolute atomic E-state index is 14.6. The number of nitrogens with zero attached hydrogens (tertiary/aromatic N) is 1. The molecule has 1 saturated carbocycles. The van der Waals surface area contributed by atoms with E-state index in [4.69, 9.17) is 14.2 Å². The Hall–Kier alpha value is -3.82. The molecule has 1 aromatic heterocycles. The first-order valence-electron chi connectivity index (χ1n) is 11.2. The fourth-order valence-corrected chi connectivity index (χ4v) is 3.46. The van der Waals surface area contributed by atoms with Crippen molar-refractivity contribution in [1.82, 2.24) is 10.3 Å². The normalized spacial score (nSPS) is 16.7. The zero-order valence-electron chi connectivity index (χ0n) is 19.6. The molecule has 2 aromatic carbocycles. The Morgan fingerprint density at radius 2 is 1.78 bits per heavy atom. The monoisotopic (exact) mass is 504 g/mol. The van der Waals surface area contributed by atoms with Gasteiger partial charge in [0.15, 0.2) is 0 Å². The Balaban J connectivity index is 1.35. The molecule has 0 aliphatic heterocycles. The number of amides is 1. The van der Waals surface area contributed by atoms with E-state index in [1.54, 1.807) is 37.3 Å². The molecule has 1 aliphatic rings. The van der Waals surface area contributed by atoms with E-state index in [1.165, 1.54) is 19.2 Å². The Kier molecular flexibility index (Phi) is 7.32. The summed E-state index contributed by atoms with van der Waals surface area (Å²) in [5.41, 5.74) is 0.443. The van der Waals surface area contributed by atoms with Crippen molar-refractivity contribution in [2.75, 3.05) is 6.61 Å². The Morgan fingerprint density at radius 1 is 1.08 bits per heavy atom. The number of hydrogen-bond acceptors (Lipinski definition) is 5. The number of benzene rings is 2. The van der Waals surface area contributed by atoms with Crippen LogP contribution in [0.4, 0.5) is 17.6 Å². The average molecular weight is 504 g/mol. The van der Waals surface area contributed by atoms with Crippen LogP contribution in [-0.4, -0.2) is 23.4 Å². The molecule has 6 nitrogen and oxygen atoms in total. The number of nitrogens with one attached hydrogen (secondary N) is 1. The van der Waals surface area contributed by atoms with Crippen LogP contribution in [0.1, 0.15) is 37.4 Å². The number of carbonyl (C=O) groups is 1. The lowest BCUT2D eigenvalue weighted by molar-refractivity contribution is -0.119. The summed E-state index contributed by atoms with van der Waals surface area (Å²) in [4.78, 5) is 15.3. The number of rotatable bonds is 10. The molecule has 0 saturated heterocycles. The summed E-state index contributed by atoms with van der Waals surface area (Å²) < 4.78 is 71.6. The molecule has 36 heavy (non-hydrogen) atoms. The summed E-state index contributed by atoms with van der Waals surface area (Å²) in [6, 6.07) is 11.2. The van der Waals surface area contributed by atoms with Gasteiger partial charge in [-0.05, 0) is 24.6 Å². The van der Waals surface area contributed by atoms with Gasteiger partial charge < -0.3 is 19.5 Å². The van der Waals surface area contributed by atoms with Crippen LogP contribution in [-0.2, 0) is 11.4 Å². The van der Waals surface area contributed by atoms with Gasteiger partial charge in [0.1, 0.15) is 35.5 Å². The number of aromatic nitrogens is 1. The number of halogens is 4. The highest BCUT2D eigenvalue weighted by Crippen LogP contribution is 2.48. The Labute approximate surface area is 205 Å². The van der Waals surface area contributed by atoms with Gasteiger partial charge in [-0.3, -0.25) is 4.79 Å². The quantitative estimate of drug-likeness (QED) is 0.345. The van der Waals surface area contributed by atoms with E-state index in [2.05, 4.69) is 10.3 Å². The van der Waals surface area contributed by atoms with Crippen LogP contribution in [0.5, 0.6) is 23.1 Å². The van der Waals surface area contributed by atoms with Gasteiger partial charge in [-0.1, -0.05) is 12.1 Å². The second-order valence-corrected chi connectivity index (χ2v) is 8.56. The second kappa shape index (κ2) is 10.4. The summed E-state index contributed by atoms with van der Waals surface area (Å²) in [5.74, 6) is -4.79. The largest absolute Gasteiger partial charge is 0.493 e. The van der Waals surface area contributed by atoms with E-state index >= 15 is 0 Å². The SMILES string of the molecule is CC(=O)NC(C)c1ccc(OCc2c(F)cc(Oc3cccc(OCC4CC4(F)F)c3)cc2F)nc1. The molecule has 2 unspecified atom stereocenters. The summed E-state index contributed by atoms with van der Waals surface area (Å²) in [6.07, 6.45) is 1.31. The van der Waals surface area contributed by atoms with Crippen molar-refractivity contribution in [3.8, 4) is 23.1 Å². The lowest BCUT2D eigenvalue weighted by atomic mass is 10.1. The zero-order chi connectivity index (χ0) is 25.9. The van der Waals surface area contributed by atoms with Crippen LogP contribution >= 0.6 is 0 Å². The van der Waals surface area contributed by atoms with Crippen molar-refractivity contribution >= 4 is 5.91 Å². The average Bonchev–Trinajstić information content (AvgIpc) is 3.43. The molecule has 1 N–H and O–H groups in total. The molecular weight excluding hydrogens is 480 g/mol. The highest BCUT2D eigenvalue weighted by atomic mass is 19.3. The van der Waals surface area contributed by atoms with Crippen molar-refractivity contribution < 1.29 is 36.6 Å².